The van der Waals surface area contributed by atoms with Gasteiger partial charge in [-0.25, -0.2) is 4.79 Å². The molecule has 1 unspecified atom stereocenters. The lowest BCUT2D eigenvalue weighted by Crippen LogP contribution is -2.19. The van der Waals surface area contributed by atoms with Gasteiger partial charge < -0.3 is 9.47 Å². The van der Waals surface area contributed by atoms with E-state index < -0.39 is 6.16 Å². The summed E-state index contributed by atoms with van der Waals surface area (Å²) in [6.07, 6.45) is 6.08. The summed E-state index contributed by atoms with van der Waals surface area (Å²) in [4.78, 5) is 11.6. The first kappa shape index (κ1) is 15.3. The third kappa shape index (κ3) is 6.65. The first-order valence-corrected chi connectivity index (χ1v) is 6.82. The number of hydrogen-bond acceptors (Lipinski definition) is 3. The second kappa shape index (κ2) is 9.20. The summed E-state index contributed by atoms with van der Waals surface area (Å²) in [5.41, 5.74) is 0. The van der Waals surface area contributed by atoms with Crippen LogP contribution >= 0.6 is 0 Å². The van der Waals surface area contributed by atoms with Crippen molar-refractivity contribution in [2.75, 3.05) is 0 Å². The molecule has 3 nitrogen and oxygen atoms in total. The zero-order valence-electron chi connectivity index (χ0n) is 11.5. The fraction of sp³-hybridized carbons (Fsp3) is 0.438. The predicted molar refractivity (Wildman–Crippen MR) is 76.3 cm³/mol. The fourth-order valence-corrected chi connectivity index (χ4v) is 1.73. The van der Waals surface area contributed by atoms with Crippen LogP contribution in [0.1, 0.15) is 39.0 Å². The van der Waals surface area contributed by atoms with E-state index >= 15 is 0 Å². The summed E-state index contributed by atoms with van der Waals surface area (Å²) in [7, 11) is 0. The molecule has 0 aromatic heterocycles. The number of unbranched alkanes of at least 4 members (excludes halogenated alkanes) is 3. The molecular formula is C16H22O3. The van der Waals surface area contributed by atoms with Crippen molar-refractivity contribution >= 4 is 6.16 Å². The summed E-state index contributed by atoms with van der Waals surface area (Å²) >= 11 is 0. The zero-order valence-corrected chi connectivity index (χ0v) is 11.5. The van der Waals surface area contributed by atoms with Crippen molar-refractivity contribution < 1.29 is 14.3 Å². The topological polar surface area (TPSA) is 35.5 Å². The third-order valence-electron chi connectivity index (χ3n) is 2.80. The minimum absolute atomic E-state index is 0.270. The van der Waals surface area contributed by atoms with Gasteiger partial charge in [-0.1, -0.05) is 57.0 Å². The molecule has 0 aliphatic carbocycles. The number of ether oxygens (including phenoxy) is 2. The van der Waals surface area contributed by atoms with Crippen LogP contribution in [0.3, 0.4) is 0 Å². The monoisotopic (exact) mass is 262 g/mol. The van der Waals surface area contributed by atoms with Crippen LogP contribution in [0, 0.1) is 0 Å². The van der Waals surface area contributed by atoms with E-state index in [2.05, 4.69) is 13.5 Å². The van der Waals surface area contributed by atoms with Crippen molar-refractivity contribution in [1.29, 1.82) is 0 Å². The van der Waals surface area contributed by atoms with E-state index in [0.29, 0.717) is 5.75 Å². The maximum Gasteiger partial charge on any atom is 0.514 e. The highest BCUT2D eigenvalue weighted by molar-refractivity contribution is 5.64. The Morgan fingerprint density at radius 3 is 2.63 bits per heavy atom. The van der Waals surface area contributed by atoms with Crippen molar-refractivity contribution in [2.45, 2.75) is 45.1 Å². The molecule has 0 heterocycles. The van der Waals surface area contributed by atoms with E-state index in [0.717, 1.165) is 19.3 Å². The quantitative estimate of drug-likeness (QED) is 0.294. The number of benzene rings is 1. The number of rotatable bonds is 8. The molecule has 104 valence electrons. The Balaban J connectivity index is 2.30. The van der Waals surface area contributed by atoms with Crippen LogP contribution in [0.5, 0.6) is 5.75 Å². The van der Waals surface area contributed by atoms with Gasteiger partial charge in [0.1, 0.15) is 11.9 Å². The van der Waals surface area contributed by atoms with Crippen LogP contribution in [0.25, 0.3) is 0 Å². The van der Waals surface area contributed by atoms with Crippen molar-refractivity contribution in [3.63, 3.8) is 0 Å². The lowest BCUT2D eigenvalue weighted by molar-refractivity contribution is 0.0723. The average molecular weight is 262 g/mol. The van der Waals surface area contributed by atoms with E-state index in [1.807, 2.05) is 6.07 Å². The molecule has 1 atom stereocenters. The molecule has 0 spiro atoms. The smallest absolute Gasteiger partial charge is 0.426 e. The maximum atomic E-state index is 11.6. The van der Waals surface area contributed by atoms with E-state index in [1.54, 1.807) is 30.3 Å². The van der Waals surface area contributed by atoms with Gasteiger partial charge in [0.15, 0.2) is 0 Å². The largest absolute Gasteiger partial charge is 0.514 e. The Hall–Kier alpha value is -1.77. The van der Waals surface area contributed by atoms with E-state index in [-0.39, 0.29) is 6.10 Å². The molecular weight excluding hydrogens is 240 g/mol. The molecule has 0 fully saturated rings. The highest BCUT2D eigenvalue weighted by Gasteiger charge is 2.12. The molecule has 0 aliphatic heterocycles. The number of para-hydroxylation sites is 1. The third-order valence-corrected chi connectivity index (χ3v) is 2.80. The van der Waals surface area contributed by atoms with Gasteiger partial charge >= 0.3 is 6.16 Å². The number of hydrogen-bond donors (Lipinski definition) is 0. The highest BCUT2D eigenvalue weighted by Crippen LogP contribution is 2.13. The van der Waals surface area contributed by atoms with Crippen LogP contribution < -0.4 is 4.74 Å². The molecule has 3 heteroatoms. The summed E-state index contributed by atoms with van der Waals surface area (Å²) in [6.45, 7) is 5.85. The number of carbonyl (C=O) groups is 1. The molecule has 0 saturated heterocycles. The van der Waals surface area contributed by atoms with Crippen LogP contribution in [0.15, 0.2) is 43.0 Å². The molecule has 0 N–H and O–H groups in total. The summed E-state index contributed by atoms with van der Waals surface area (Å²) in [5, 5.41) is 0. The van der Waals surface area contributed by atoms with Crippen molar-refractivity contribution in [2.24, 2.45) is 0 Å². The fourth-order valence-electron chi connectivity index (χ4n) is 1.73. The Morgan fingerprint density at radius 1 is 1.26 bits per heavy atom. The van der Waals surface area contributed by atoms with Gasteiger partial charge in [0, 0.05) is 0 Å². The Kier molecular flexibility index (Phi) is 7.40. The van der Waals surface area contributed by atoms with Gasteiger partial charge in [0.2, 0.25) is 0 Å². The van der Waals surface area contributed by atoms with Gasteiger partial charge in [0.25, 0.3) is 0 Å². The normalized spacial score (nSPS) is 11.6. The summed E-state index contributed by atoms with van der Waals surface area (Å²) < 4.78 is 10.3. The van der Waals surface area contributed by atoms with Gasteiger partial charge in [-0.05, 0) is 25.0 Å². The van der Waals surface area contributed by atoms with Gasteiger partial charge in [-0.15, -0.1) is 0 Å². The van der Waals surface area contributed by atoms with Gasteiger partial charge in [0.05, 0.1) is 0 Å². The molecule has 19 heavy (non-hydrogen) atoms. The first-order valence-electron chi connectivity index (χ1n) is 6.82. The molecule has 1 rings (SSSR count). The molecule has 1 aromatic carbocycles. The second-order valence-electron chi connectivity index (χ2n) is 4.41. The maximum absolute atomic E-state index is 11.6. The molecule has 0 saturated carbocycles. The zero-order chi connectivity index (χ0) is 13.9. The molecule has 0 aliphatic rings. The first-order chi connectivity index (χ1) is 9.26. The summed E-state index contributed by atoms with van der Waals surface area (Å²) in [6, 6.07) is 8.89. The Morgan fingerprint density at radius 2 is 2.00 bits per heavy atom. The van der Waals surface area contributed by atoms with Gasteiger partial charge in [-0.3, -0.25) is 0 Å². The summed E-state index contributed by atoms with van der Waals surface area (Å²) in [5.74, 6) is 0.487. The predicted octanol–water partition coefficient (Wildman–Crippen LogP) is 4.73. The van der Waals surface area contributed by atoms with Crippen LogP contribution in [0.2, 0.25) is 0 Å². The van der Waals surface area contributed by atoms with Crippen molar-refractivity contribution in [1.82, 2.24) is 0 Å². The van der Waals surface area contributed by atoms with Crippen LogP contribution in [-0.4, -0.2) is 12.3 Å². The second-order valence-corrected chi connectivity index (χ2v) is 4.41. The average Bonchev–Trinajstić information content (AvgIpc) is 2.43. The molecule has 0 amide bonds. The lowest BCUT2D eigenvalue weighted by Gasteiger charge is -2.13. The van der Waals surface area contributed by atoms with Gasteiger partial charge in [-0.2, -0.15) is 0 Å². The minimum Gasteiger partial charge on any atom is -0.426 e. The molecule has 0 bridgehead atoms. The molecule has 1 aromatic rings. The Bertz CT molecular complexity index is 373. The standard InChI is InChI=1S/C16H22O3/c1-3-5-6-8-11-14(4-2)18-16(17)19-15-12-9-7-10-13-15/h4,7,9-10,12-14H,2-3,5-6,8,11H2,1H3. The minimum atomic E-state index is -0.674. The lowest BCUT2D eigenvalue weighted by atomic mass is 10.1. The Labute approximate surface area is 115 Å². The van der Waals surface area contributed by atoms with E-state index in [1.165, 1.54) is 12.8 Å². The molecule has 0 radical (unpaired) electrons. The van der Waals surface area contributed by atoms with E-state index in [9.17, 15) is 4.79 Å². The number of carbonyl (C=O) groups excluding carboxylic acids is 1. The van der Waals surface area contributed by atoms with Crippen LogP contribution in [-0.2, 0) is 4.74 Å². The van der Waals surface area contributed by atoms with Crippen LogP contribution in [0.4, 0.5) is 4.79 Å². The van der Waals surface area contributed by atoms with E-state index in [4.69, 9.17) is 9.47 Å². The highest BCUT2D eigenvalue weighted by atomic mass is 16.7. The van der Waals surface area contributed by atoms with Crippen molar-refractivity contribution in [3.05, 3.63) is 43.0 Å². The SMILES string of the molecule is C=CC(CCCCCC)OC(=O)Oc1ccccc1. The van der Waals surface area contributed by atoms with Crippen molar-refractivity contribution in [3.8, 4) is 5.75 Å².